The van der Waals surface area contributed by atoms with Crippen LogP contribution in [0.1, 0.15) is 16.8 Å². The molecule has 2 N–H and O–H groups in total. The van der Waals surface area contributed by atoms with E-state index < -0.39 is 16.3 Å². The highest BCUT2D eigenvalue weighted by Crippen LogP contribution is 2.47. The molecule has 116 valence electrons. The Labute approximate surface area is 144 Å². The van der Waals surface area contributed by atoms with E-state index in [1.54, 1.807) is 18.2 Å². The summed E-state index contributed by atoms with van der Waals surface area (Å²) in [7, 11) is 2.32. The van der Waals surface area contributed by atoms with Gasteiger partial charge < -0.3 is 10.2 Å². The van der Waals surface area contributed by atoms with Crippen LogP contribution in [-0.2, 0) is 4.79 Å². The van der Waals surface area contributed by atoms with Gasteiger partial charge in [0.1, 0.15) is 4.33 Å². The fraction of sp³-hybridized carbons (Fsp3) is 0.143. The number of benzene rings is 1. The normalized spacial score (nSPS) is 16.6. The van der Waals surface area contributed by atoms with Crippen LogP contribution in [-0.4, -0.2) is 26.5 Å². The molecule has 0 heterocycles. The molecule has 0 saturated heterocycles. The Bertz CT molecular complexity index is 683. The first-order valence-corrected chi connectivity index (χ1v) is 8.91. The van der Waals surface area contributed by atoms with Crippen molar-refractivity contribution in [2.24, 2.45) is 0 Å². The summed E-state index contributed by atoms with van der Waals surface area (Å²) in [5.74, 6) is -2.11. The number of allylic oxidation sites excluding steroid dienone is 2. The molecule has 0 saturated carbocycles. The summed E-state index contributed by atoms with van der Waals surface area (Å²) in [4.78, 5) is 23.4. The molecule has 0 atom stereocenters. The molecule has 0 amide bonds. The largest absolute Gasteiger partial charge is 0.478 e. The van der Waals surface area contributed by atoms with Crippen LogP contribution in [0.3, 0.4) is 0 Å². The highest BCUT2D eigenvalue weighted by molar-refractivity contribution is 8.78. The van der Waals surface area contributed by atoms with Crippen LogP contribution in [0, 0.1) is 0 Å². The minimum atomic E-state index is -1.16. The Morgan fingerprint density at radius 1 is 1.09 bits per heavy atom. The molecule has 1 aromatic rings. The van der Waals surface area contributed by atoms with Crippen molar-refractivity contribution in [1.82, 2.24) is 0 Å². The van der Waals surface area contributed by atoms with Crippen LogP contribution in [0.25, 0.3) is 0 Å². The average Bonchev–Trinajstić information content (AvgIpc) is 2.44. The monoisotopic (exact) mass is 376 g/mol. The third-order valence-corrected chi connectivity index (χ3v) is 5.87. The first kappa shape index (κ1) is 17.3. The number of carbonyl (C=O) groups is 2. The third-order valence-electron chi connectivity index (χ3n) is 2.77. The van der Waals surface area contributed by atoms with Crippen LogP contribution in [0.2, 0.25) is 0 Å². The van der Waals surface area contributed by atoms with Crippen LogP contribution >= 0.6 is 44.8 Å². The molecule has 0 spiro atoms. The lowest BCUT2D eigenvalue weighted by Crippen LogP contribution is -2.16. The molecule has 0 fully saturated rings. The average molecular weight is 377 g/mol. The summed E-state index contributed by atoms with van der Waals surface area (Å²) in [6.45, 7) is 0. The number of hydrogen-bond acceptors (Lipinski definition) is 4. The number of rotatable bonds is 5. The molecule has 0 unspecified atom stereocenters. The Morgan fingerprint density at radius 2 is 1.77 bits per heavy atom. The van der Waals surface area contributed by atoms with Crippen molar-refractivity contribution in [3.05, 3.63) is 52.5 Å². The Balaban J connectivity index is 2.24. The second-order valence-corrected chi connectivity index (χ2v) is 8.19. The summed E-state index contributed by atoms with van der Waals surface area (Å²) < 4.78 is -1.16. The van der Waals surface area contributed by atoms with Gasteiger partial charge in [-0.15, -0.1) is 0 Å². The van der Waals surface area contributed by atoms with E-state index in [-0.39, 0.29) is 17.6 Å². The topological polar surface area (TPSA) is 74.6 Å². The fourth-order valence-corrected chi connectivity index (χ4v) is 4.85. The van der Waals surface area contributed by atoms with Crippen molar-refractivity contribution in [3.8, 4) is 0 Å². The lowest BCUT2D eigenvalue weighted by Gasteiger charge is -2.22. The van der Waals surface area contributed by atoms with Gasteiger partial charge in [-0.3, -0.25) is 0 Å². The van der Waals surface area contributed by atoms with Gasteiger partial charge in [-0.25, -0.2) is 9.59 Å². The molecule has 1 aromatic carbocycles. The molecular formula is C14H10Cl2O4S2. The fourth-order valence-electron chi connectivity index (χ4n) is 1.74. The lowest BCUT2D eigenvalue weighted by molar-refractivity contribution is -0.132. The second-order valence-electron chi connectivity index (χ2n) is 4.38. The van der Waals surface area contributed by atoms with Gasteiger partial charge in [0.15, 0.2) is 0 Å². The molecule has 0 aliphatic heterocycles. The summed E-state index contributed by atoms with van der Waals surface area (Å²) >= 11 is 12.1. The minimum absolute atomic E-state index is 0.113. The van der Waals surface area contributed by atoms with Gasteiger partial charge in [-0.2, -0.15) is 0 Å². The van der Waals surface area contributed by atoms with E-state index in [1.807, 2.05) is 0 Å². The van der Waals surface area contributed by atoms with Crippen molar-refractivity contribution >= 4 is 56.7 Å². The molecule has 0 radical (unpaired) electrons. The number of alkyl halides is 2. The van der Waals surface area contributed by atoms with Crippen LogP contribution in [0.4, 0.5) is 0 Å². The number of aliphatic carboxylic acids is 1. The first-order chi connectivity index (χ1) is 10.3. The quantitative estimate of drug-likeness (QED) is 0.577. The number of carboxylic acids is 2. The summed E-state index contributed by atoms with van der Waals surface area (Å²) in [6.07, 6.45) is 2.96. The molecule has 1 aliphatic carbocycles. The van der Waals surface area contributed by atoms with Crippen LogP contribution in [0.5, 0.6) is 0 Å². The Hall–Kier alpha value is -1.08. The summed E-state index contributed by atoms with van der Waals surface area (Å²) in [6, 6.07) is 6.50. The van der Waals surface area contributed by atoms with Gasteiger partial charge >= 0.3 is 11.9 Å². The first-order valence-electron chi connectivity index (χ1n) is 6.00. The highest BCUT2D eigenvalue weighted by Gasteiger charge is 2.30. The maximum Gasteiger partial charge on any atom is 0.336 e. The molecule has 4 nitrogen and oxygen atoms in total. The molecule has 0 bridgehead atoms. The predicted octanol–water partition coefficient (Wildman–Crippen LogP) is 4.60. The van der Waals surface area contributed by atoms with E-state index >= 15 is 0 Å². The number of halogens is 2. The van der Waals surface area contributed by atoms with E-state index in [4.69, 9.17) is 28.3 Å². The zero-order valence-electron chi connectivity index (χ0n) is 11.0. The maximum absolute atomic E-state index is 11.3. The van der Waals surface area contributed by atoms with Gasteiger partial charge in [-0.05, 0) is 24.3 Å². The number of hydrogen-bond donors (Lipinski definition) is 2. The van der Waals surface area contributed by atoms with Crippen molar-refractivity contribution in [2.45, 2.75) is 15.6 Å². The van der Waals surface area contributed by atoms with Gasteiger partial charge in [0.25, 0.3) is 0 Å². The molecule has 1 aliphatic rings. The molecule has 8 heteroatoms. The summed E-state index contributed by atoms with van der Waals surface area (Å²) in [5.41, 5.74) is 0.272. The minimum Gasteiger partial charge on any atom is -0.478 e. The predicted molar refractivity (Wildman–Crippen MR) is 89.7 cm³/mol. The molecular weight excluding hydrogens is 367 g/mol. The Kier molecular flexibility index (Phi) is 5.50. The number of carboxylic acid groups (broad SMARTS) is 2. The summed E-state index contributed by atoms with van der Waals surface area (Å²) in [5, 5.41) is 18.4. The van der Waals surface area contributed by atoms with Gasteiger partial charge in [0.2, 0.25) is 0 Å². The molecule has 0 aromatic heterocycles. The van der Waals surface area contributed by atoms with Crippen LogP contribution < -0.4 is 0 Å². The maximum atomic E-state index is 11.3. The van der Waals surface area contributed by atoms with E-state index in [0.29, 0.717) is 9.80 Å². The number of aromatic carboxylic acids is 1. The van der Waals surface area contributed by atoms with Crippen molar-refractivity contribution in [2.75, 3.05) is 0 Å². The zero-order chi connectivity index (χ0) is 16.3. The van der Waals surface area contributed by atoms with Crippen molar-refractivity contribution < 1.29 is 19.8 Å². The van der Waals surface area contributed by atoms with Crippen LogP contribution in [0.15, 0.2) is 51.8 Å². The standard InChI is InChI=1S/C14H10Cl2O4S2/c15-14(16)6-5-9(13(19)20)11(7-14)22-21-10-4-2-1-3-8(10)12(17)18/h1-6H,7H2,(H,17,18)(H,19,20). The van der Waals surface area contributed by atoms with Gasteiger partial charge in [0, 0.05) is 16.2 Å². The Morgan fingerprint density at radius 3 is 2.41 bits per heavy atom. The smallest absolute Gasteiger partial charge is 0.336 e. The molecule has 2 rings (SSSR count). The van der Waals surface area contributed by atoms with Gasteiger partial charge in [0.05, 0.1) is 11.1 Å². The van der Waals surface area contributed by atoms with E-state index in [1.165, 1.54) is 29.0 Å². The van der Waals surface area contributed by atoms with Gasteiger partial charge in [-0.1, -0.05) is 56.9 Å². The SMILES string of the molecule is O=C(O)C1=C(SSc2ccccc2C(=O)O)CC(Cl)(Cl)C=C1. The molecule has 22 heavy (non-hydrogen) atoms. The van der Waals surface area contributed by atoms with Crippen molar-refractivity contribution in [3.63, 3.8) is 0 Å². The second kappa shape index (κ2) is 7.00. The lowest BCUT2D eigenvalue weighted by atomic mass is 10.1. The van der Waals surface area contributed by atoms with E-state index in [9.17, 15) is 14.7 Å². The van der Waals surface area contributed by atoms with Crippen molar-refractivity contribution in [1.29, 1.82) is 0 Å². The van der Waals surface area contributed by atoms with E-state index in [2.05, 4.69) is 0 Å². The zero-order valence-corrected chi connectivity index (χ0v) is 14.1. The van der Waals surface area contributed by atoms with E-state index in [0.717, 1.165) is 10.8 Å². The highest BCUT2D eigenvalue weighted by atomic mass is 35.5. The third kappa shape index (κ3) is 4.23.